The summed E-state index contributed by atoms with van der Waals surface area (Å²) < 4.78 is 1.14. The Balaban J connectivity index is 2.81. The molecule has 0 aromatic carbocycles. The lowest BCUT2D eigenvalue weighted by Gasteiger charge is -1.98. The first-order valence-corrected chi connectivity index (χ1v) is 4.57. The molecule has 0 atom stereocenters. The predicted octanol–water partition coefficient (Wildman–Crippen LogP) is 2.04. The van der Waals surface area contributed by atoms with Crippen LogP contribution in [0.5, 0.6) is 0 Å². The van der Waals surface area contributed by atoms with Gasteiger partial charge in [0.15, 0.2) is 0 Å². The molecular weight excluding hydrogens is 170 g/mol. The smallest absolute Gasteiger partial charge is 0.147 e. The SMILES string of the molecule is CNc1ncnc2c(C)csc12. The highest BCUT2D eigenvalue weighted by molar-refractivity contribution is 7.17. The van der Waals surface area contributed by atoms with Crippen molar-refractivity contribution < 1.29 is 0 Å². The molecule has 1 N–H and O–H groups in total. The highest BCUT2D eigenvalue weighted by atomic mass is 32.1. The van der Waals surface area contributed by atoms with Gasteiger partial charge in [0, 0.05) is 7.05 Å². The summed E-state index contributed by atoms with van der Waals surface area (Å²) in [6.07, 6.45) is 1.59. The fourth-order valence-electron chi connectivity index (χ4n) is 1.15. The zero-order valence-corrected chi connectivity index (χ0v) is 7.77. The maximum atomic E-state index is 4.21. The van der Waals surface area contributed by atoms with Crippen LogP contribution in [0.3, 0.4) is 0 Å². The molecule has 0 radical (unpaired) electrons. The number of fused-ring (bicyclic) bond motifs is 1. The number of thiophene rings is 1. The monoisotopic (exact) mass is 179 g/mol. The molecule has 62 valence electrons. The first-order chi connectivity index (χ1) is 5.83. The van der Waals surface area contributed by atoms with Gasteiger partial charge in [0.1, 0.15) is 12.1 Å². The molecule has 0 saturated heterocycles. The Bertz CT molecular complexity index is 408. The number of nitrogens with one attached hydrogen (secondary N) is 1. The molecule has 2 rings (SSSR count). The van der Waals surface area contributed by atoms with Crippen molar-refractivity contribution in [2.24, 2.45) is 0 Å². The zero-order valence-electron chi connectivity index (χ0n) is 6.96. The lowest BCUT2D eigenvalue weighted by atomic mass is 10.3. The molecule has 0 unspecified atom stereocenters. The van der Waals surface area contributed by atoms with E-state index in [9.17, 15) is 0 Å². The standard InChI is InChI=1S/C8H9N3S/c1-5-3-12-7-6(5)10-4-11-8(7)9-2/h3-4H,1-2H3,(H,9,10,11). The van der Waals surface area contributed by atoms with Crippen molar-refractivity contribution in [2.45, 2.75) is 6.92 Å². The molecule has 0 fully saturated rings. The molecule has 12 heavy (non-hydrogen) atoms. The first-order valence-electron chi connectivity index (χ1n) is 3.69. The van der Waals surface area contributed by atoms with Crippen molar-refractivity contribution >= 4 is 27.4 Å². The molecule has 0 aliphatic rings. The van der Waals surface area contributed by atoms with E-state index in [4.69, 9.17) is 0 Å². The second-order valence-electron chi connectivity index (χ2n) is 2.57. The van der Waals surface area contributed by atoms with E-state index < -0.39 is 0 Å². The maximum absolute atomic E-state index is 4.21. The van der Waals surface area contributed by atoms with E-state index in [0.717, 1.165) is 16.0 Å². The van der Waals surface area contributed by atoms with Crippen LogP contribution in [-0.2, 0) is 0 Å². The Morgan fingerprint density at radius 2 is 2.25 bits per heavy atom. The normalized spacial score (nSPS) is 10.5. The van der Waals surface area contributed by atoms with E-state index in [1.807, 2.05) is 7.05 Å². The summed E-state index contributed by atoms with van der Waals surface area (Å²) in [5.41, 5.74) is 2.27. The summed E-state index contributed by atoms with van der Waals surface area (Å²) in [6, 6.07) is 0. The predicted molar refractivity (Wildman–Crippen MR) is 51.7 cm³/mol. The molecular formula is C8H9N3S. The zero-order chi connectivity index (χ0) is 8.55. The minimum absolute atomic E-state index is 0.915. The van der Waals surface area contributed by atoms with E-state index in [2.05, 4.69) is 27.6 Å². The topological polar surface area (TPSA) is 37.8 Å². The molecule has 2 heterocycles. The summed E-state index contributed by atoms with van der Waals surface area (Å²) in [5.74, 6) is 0.915. The largest absolute Gasteiger partial charge is 0.372 e. The van der Waals surface area contributed by atoms with E-state index in [0.29, 0.717) is 0 Å². The fraction of sp³-hybridized carbons (Fsp3) is 0.250. The van der Waals surface area contributed by atoms with Crippen molar-refractivity contribution in [2.75, 3.05) is 12.4 Å². The van der Waals surface area contributed by atoms with Crippen LogP contribution < -0.4 is 5.32 Å². The van der Waals surface area contributed by atoms with E-state index in [1.54, 1.807) is 17.7 Å². The third kappa shape index (κ3) is 0.956. The van der Waals surface area contributed by atoms with Crippen molar-refractivity contribution in [1.29, 1.82) is 0 Å². The van der Waals surface area contributed by atoms with Gasteiger partial charge in [0.25, 0.3) is 0 Å². The van der Waals surface area contributed by atoms with E-state index in [1.165, 1.54) is 5.56 Å². The summed E-state index contributed by atoms with van der Waals surface area (Å²) in [6.45, 7) is 2.06. The van der Waals surface area contributed by atoms with Crippen molar-refractivity contribution in [3.8, 4) is 0 Å². The number of hydrogen-bond acceptors (Lipinski definition) is 4. The number of aryl methyl sites for hydroxylation is 1. The Hall–Kier alpha value is -1.16. The molecule has 0 bridgehead atoms. The van der Waals surface area contributed by atoms with Crippen LogP contribution >= 0.6 is 11.3 Å². The van der Waals surface area contributed by atoms with Gasteiger partial charge in [-0.25, -0.2) is 9.97 Å². The van der Waals surface area contributed by atoms with Crippen LogP contribution in [0.2, 0.25) is 0 Å². The summed E-state index contributed by atoms with van der Waals surface area (Å²) in [4.78, 5) is 8.34. The quantitative estimate of drug-likeness (QED) is 0.728. The van der Waals surface area contributed by atoms with Crippen LogP contribution in [0.15, 0.2) is 11.7 Å². The van der Waals surface area contributed by atoms with Gasteiger partial charge >= 0.3 is 0 Å². The summed E-state index contributed by atoms with van der Waals surface area (Å²) in [5, 5.41) is 5.14. The van der Waals surface area contributed by atoms with Gasteiger partial charge in [-0.1, -0.05) is 0 Å². The third-order valence-corrected chi connectivity index (χ3v) is 2.86. The van der Waals surface area contributed by atoms with Crippen LogP contribution in [0.25, 0.3) is 10.2 Å². The highest BCUT2D eigenvalue weighted by Crippen LogP contribution is 2.27. The molecule has 0 saturated carbocycles. The Morgan fingerprint density at radius 3 is 3.00 bits per heavy atom. The lowest BCUT2D eigenvalue weighted by molar-refractivity contribution is 1.21. The second kappa shape index (κ2) is 2.71. The minimum Gasteiger partial charge on any atom is -0.372 e. The molecule has 0 spiro atoms. The average molecular weight is 179 g/mol. The Kier molecular flexibility index (Phi) is 1.69. The average Bonchev–Trinajstić information content (AvgIpc) is 2.48. The van der Waals surface area contributed by atoms with Crippen LogP contribution in [-0.4, -0.2) is 17.0 Å². The number of hydrogen-bond donors (Lipinski definition) is 1. The molecule has 0 aliphatic heterocycles. The van der Waals surface area contributed by atoms with Crippen LogP contribution in [0.1, 0.15) is 5.56 Å². The van der Waals surface area contributed by atoms with Gasteiger partial charge in [-0.05, 0) is 17.9 Å². The molecule has 0 aliphatic carbocycles. The highest BCUT2D eigenvalue weighted by Gasteiger charge is 2.05. The van der Waals surface area contributed by atoms with Gasteiger partial charge in [-0.2, -0.15) is 0 Å². The van der Waals surface area contributed by atoms with Crippen molar-refractivity contribution in [1.82, 2.24) is 9.97 Å². The fourth-order valence-corrected chi connectivity index (χ4v) is 2.15. The Morgan fingerprint density at radius 1 is 1.42 bits per heavy atom. The van der Waals surface area contributed by atoms with Crippen LogP contribution in [0.4, 0.5) is 5.82 Å². The third-order valence-electron chi connectivity index (χ3n) is 1.77. The van der Waals surface area contributed by atoms with Gasteiger partial charge in [0.05, 0.1) is 10.2 Å². The molecule has 2 aromatic rings. The van der Waals surface area contributed by atoms with Crippen molar-refractivity contribution in [3.63, 3.8) is 0 Å². The number of aromatic nitrogens is 2. The van der Waals surface area contributed by atoms with Gasteiger partial charge in [-0.3, -0.25) is 0 Å². The number of nitrogens with zero attached hydrogens (tertiary/aromatic N) is 2. The summed E-state index contributed by atoms with van der Waals surface area (Å²) in [7, 11) is 1.87. The molecule has 3 nitrogen and oxygen atoms in total. The van der Waals surface area contributed by atoms with Gasteiger partial charge < -0.3 is 5.32 Å². The van der Waals surface area contributed by atoms with E-state index in [-0.39, 0.29) is 0 Å². The lowest BCUT2D eigenvalue weighted by Crippen LogP contribution is -1.92. The molecule has 4 heteroatoms. The maximum Gasteiger partial charge on any atom is 0.147 e. The molecule has 2 aromatic heterocycles. The summed E-state index contributed by atoms with van der Waals surface area (Å²) >= 11 is 1.68. The van der Waals surface area contributed by atoms with Gasteiger partial charge in [0.2, 0.25) is 0 Å². The molecule has 0 amide bonds. The Labute approximate surface area is 74.5 Å². The van der Waals surface area contributed by atoms with E-state index >= 15 is 0 Å². The number of anilines is 1. The minimum atomic E-state index is 0.915. The second-order valence-corrected chi connectivity index (χ2v) is 3.45. The van der Waals surface area contributed by atoms with Crippen LogP contribution in [0, 0.1) is 6.92 Å². The number of rotatable bonds is 1. The van der Waals surface area contributed by atoms with Crippen molar-refractivity contribution in [3.05, 3.63) is 17.3 Å². The van der Waals surface area contributed by atoms with Gasteiger partial charge in [-0.15, -0.1) is 11.3 Å². The first kappa shape index (κ1) is 7.49.